The van der Waals surface area contributed by atoms with E-state index in [-0.39, 0.29) is 24.7 Å². The summed E-state index contributed by atoms with van der Waals surface area (Å²) in [5, 5.41) is 6.19. The molecule has 34 heavy (non-hydrogen) atoms. The number of carbonyl (C=O) groups is 2. The summed E-state index contributed by atoms with van der Waals surface area (Å²) in [6.45, 7) is 0. The number of anilines is 2. The predicted molar refractivity (Wildman–Crippen MR) is 130 cm³/mol. The number of hydrogen-bond acceptors (Lipinski definition) is 7. The Labute approximate surface area is 200 Å². The van der Waals surface area contributed by atoms with Crippen LogP contribution in [0.5, 0.6) is 5.75 Å². The van der Waals surface area contributed by atoms with Crippen LogP contribution in [-0.4, -0.2) is 39.2 Å². The van der Waals surface area contributed by atoms with E-state index in [4.69, 9.17) is 4.18 Å². The lowest BCUT2D eigenvalue weighted by atomic mass is 10.2. The first-order chi connectivity index (χ1) is 16.5. The number of fused-ring (bicyclic) bond motifs is 1. The molecule has 3 N–H and O–H groups in total. The minimum absolute atomic E-state index is 0.175. The number of nitrogens with zero attached hydrogens (tertiary/aromatic N) is 1. The molecular weight excluding hydrogens is 456 g/mol. The third-order valence-corrected chi connectivity index (χ3v) is 6.67. The average molecular weight is 485 g/mol. The van der Waals surface area contributed by atoms with Gasteiger partial charge in [0.25, 0.3) is 0 Å². The van der Waals surface area contributed by atoms with E-state index >= 15 is 0 Å². The average Bonchev–Trinajstić information content (AvgIpc) is 3.48. The van der Waals surface area contributed by atoms with Gasteiger partial charge in [0.2, 0.25) is 22.9 Å². The first-order valence-corrected chi connectivity index (χ1v) is 12.4. The van der Waals surface area contributed by atoms with Crippen LogP contribution >= 0.6 is 0 Å². The number of aromatic amines is 1. The molecule has 1 unspecified atom stereocenters. The van der Waals surface area contributed by atoms with Crippen LogP contribution in [0.15, 0.2) is 47.4 Å². The van der Waals surface area contributed by atoms with Gasteiger partial charge in [-0.2, -0.15) is 0 Å². The molecule has 0 spiro atoms. The highest BCUT2D eigenvalue weighted by atomic mass is 32.2. The van der Waals surface area contributed by atoms with Crippen LogP contribution in [-0.2, 0) is 25.4 Å². The highest BCUT2D eigenvalue weighted by Gasteiger charge is 2.15. The molecule has 0 radical (unpaired) electrons. The van der Waals surface area contributed by atoms with Gasteiger partial charge in [0.05, 0.1) is 23.0 Å². The minimum atomic E-state index is -1.67. The Balaban J connectivity index is 1.33. The third kappa shape index (κ3) is 6.34. The number of imidazole rings is 1. The molecule has 2 aromatic carbocycles. The normalized spacial score (nSPS) is 14.6. The monoisotopic (exact) mass is 484 g/mol. The van der Waals surface area contributed by atoms with E-state index in [0.717, 1.165) is 5.69 Å². The number of amides is 1. The molecule has 1 aliphatic carbocycles. The number of aromatic nitrogens is 2. The fraction of sp³-hybridized carbons (Fsp3) is 0.375. The van der Waals surface area contributed by atoms with Crippen LogP contribution in [0.3, 0.4) is 0 Å². The first-order valence-electron chi connectivity index (χ1n) is 11.3. The summed E-state index contributed by atoms with van der Waals surface area (Å²) in [4.78, 5) is 31.1. The number of methoxy groups -OCH3 is 1. The summed E-state index contributed by atoms with van der Waals surface area (Å²) in [7, 11) is 1.31. The standard InChI is InChI=1S/C24H28N4O5S/c1-32-23(30)8-4-7-22(29)28-24-26-20-14-11-18(15-21(20)27-24)33-34(31)19-12-9-17(10-13-19)25-16-5-2-3-6-16/h9-16,25H,2-8H2,1H3,(H2,26,27,28,29). The van der Waals surface area contributed by atoms with Crippen LogP contribution in [0, 0.1) is 0 Å². The zero-order valence-electron chi connectivity index (χ0n) is 19.0. The van der Waals surface area contributed by atoms with Crippen molar-refractivity contribution in [2.75, 3.05) is 17.7 Å². The Bertz CT molecular complexity index is 1170. The molecule has 9 nitrogen and oxygen atoms in total. The van der Waals surface area contributed by atoms with Gasteiger partial charge in [-0.05, 0) is 55.7 Å². The predicted octanol–water partition coefficient (Wildman–Crippen LogP) is 4.30. The summed E-state index contributed by atoms with van der Waals surface area (Å²) in [5.74, 6) is 0.102. The highest BCUT2D eigenvalue weighted by molar-refractivity contribution is 7.80. The largest absolute Gasteiger partial charge is 0.469 e. The fourth-order valence-corrected chi connectivity index (χ4v) is 4.63. The van der Waals surface area contributed by atoms with Crippen molar-refractivity contribution in [1.29, 1.82) is 0 Å². The lowest BCUT2D eigenvalue weighted by Crippen LogP contribution is -2.14. The molecule has 1 aromatic heterocycles. The van der Waals surface area contributed by atoms with Gasteiger partial charge in [0.1, 0.15) is 5.75 Å². The second-order valence-electron chi connectivity index (χ2n) is 8.21. The topological polar surface area (TPSA) is 122 Å². The van der Waals surface area contributed by atoms with E-state index in [0.29, 0.717) is 40.1 Å². The molecule has 0 bridgehead atoms. The van der Waals surface area contributed by atoms with Crippen LogP contribution in [0.2, 0.25) is 0 Å². The van der Waals surface area contributed by atoms with Crippen molar-refractivity contribution in [3.05, 3.63) is 42.5 Å². The summed E-state index contributed by atoms with van der Waals surface area (Å²) < 4.78 is 22.9. The number of benzene rings is 2. The number of ether oxygens (including phenoxy) is 1. The molecule has 0 aliphatic heterocycles. The van der Waals surface area contributed by atoms with Crippen molar-refractivity contribution >= 4 is 45.6 Å². The number of rotatable bonds is 10. The number of nitrogens with one attached hydrogen (secondary N) is 3. The summed E-state index contributed by atoms with van der Waals surface area (Å²) >= 11 is -1.67. The van der Waals surface area contributed by atoms with Crippen molar-refractivity contribution < 1.29 is 22.7 Å². The van der Waals surface area contributed by atoms with Crippen molar-refractivity contribution in [1.82, 2.24) is 9.97 Å². The maximum atomic E-state index is 12.7. The number of esters is 1. The van der Waals surface area contributed by atoms with Crippen LogP contribution in [0.4, 0.5) is 11.6 Å². The van der Waals surface area contributed by atoms with Gasteiger partial charge in [-0.25, -0.2) is 9.19 Å². The van der Waals surface area contributed by atoms with Crippen LogP contribution in [0.1, 0.15) is 44.9 Å². The summed E-state index contributed by atoms with van der Waals surface area (Å²) in [6, 6.07) is 13.1. The zero-order chi connectivity index (χ0) is 23.9. The minimum Gasteiger partial charge on any atom is -0.469 e. The van der Waals surface area contributed by atoms with Gasteiger partial charge in [-0.3, -0.25) is 14.9 Å². The van der Waals surface area contributed by atoms with Gasteiger partial charge in [0.15, 0.2) is 0 Å². The maximum Gasteiger partial charge on any atom is 0.305 e. The SMILES string of the molecule is COC(=O)CCCC(=O)Nc1nc2ccc(OS(=O)c3ccc(NC4CCCC4)cc3)cc2[nH]1. The fourth-order valence-electron chi connectivity index (χ4n) is 3.89. The van der Waals surface area contributed by atoms with E-state index in [1.54, 1.807) is 30.3 Å². The Morgan fingerprint density at radius 3 is 2.62 bits per heavy atom. The second kappa shape index (κ2) is 11.1. The van der Waals surface area contributed by atoms with E-state index in [1.807, 2.05) is 12.1 Å². The van der Waals surface area contributed by atoms with Crippen LogP contribution in [0.25, 0.3) is 11.0 Å². The number of H-pyrrole nitrogens is 1. The van der Waals surface area contributed by atoms with Gasteiger partial charge >= 0.3 is 5.97 Å². The molecule has 3 aromatic rings. The zero-order valence-corrected chi connectivity index (χ0v) is 19.8. The molecule has 1 aliphatic rings. The molecular formula is C24H28N4O5S. The third-order valence-electron chi connectivity index (χ3n) is 5.67. The first kappa shape index (κ1) is 23.7. The van der Waals surface area contributed by atoms with E-state index < -0.39 is 11.1 Å². The van der Waals surface area contributed by atoms with Gasteiger partial charge in [-0.1, -0.05) is 12.8 Å². The van der Waals surface area contributed by atoms with Gasteiger partial charge in [0, 0.05) is 30.6 Å². The molecule has 1 atom stereocenters. The van der Waals surface area contributed by atoms with Gasteiger partial charge < -0.3 is 19.2 Å². The molecule has 10 heteroatoms. The van der Waals surface area contributed by atoms with Gasteiger partial charge in [-0.15, -0.1) is 0 Å². The van der Waals surface area contributed by atoms with Crippen molar-refractivity contribution in [3.8, 4) is 5.75 Å². The molecule has 180 valence electrons. The second-order valence-corrected chi connectivity index (χ2v) is 9.32. The smallest absolute Gasteiger partial charge is 0.305 e. The lowest BCUT2D eigenvalue weighted by Gasteiger charge is -2.13. The van der Waals surface area contributed by atoms with Crippen LogP contribution < -0.4 is 14.8 Å². The molecule has 0 saturated heterocycles. The number of hydrogen-bond donors (Lipinski definition) is 3. The van der Waals surface area contributed by atoms with E-state index in [9.17, 15) is 13.8 Å². The Hall–Kier alpha value is -3.40. The number of carbonyl (C=O) groups excluding carboxylic acids is 2. The maximum absolute atomic E-state index is 12.7. The molecule has 1 heterocycles. The summed E-state index contributed by atoms with van der Waals surface area (Å²) in [5.41, 5.74) is 2.28. The van der Waals surface area contributed by atoms with Crippen molar-refractivity contribution in [3.63, 3.8) is 0 Å². The highest BCUT2D eigenvalue weighted by Crippen LogP contribution is 2.25. The van der Waals surface area contributed by atoms with Crippen molar-refractivity contribution in [2.24, 2.45) is 0 Å². The molecule has 4 rings (SSSR count). The summed E-state index contributed by atoms with van der Waals surface area (Å²) in [6.07, 6.45) is 5.65. The van der Waals surface area contributed by atoms with E-state index in [1.165, 1.54) is 32.8 Å². The quantitative estimate of drug-likeness (QED) is 0.367. The molecule has 1 amide bonds. The lowest BCUT2D eigenvalue weighted by molar-refractivity contribution is -0.140. The van der Waals surface area contributed by atoms with Crippen molar-refractivity contribution in [2.45, 2.75) is 55.9 Å². The van der Waals surface area contributed by atoms with E-state index in [2.05, 4.69) is 25.3 Å². The molecule has 1 saturated carbocycles. The Morgan fingerprint density at radius 2 is 1.88 bits per heavy atom. The Morgan fingerprint density at radius 1 is 1.12 bits per heavy atom. The molecule has 1 fully saturated rings. The Kier molecular flexibility index (Phi) is 7.79.